The van der Waals surface area contributed by atoms with Crippen molar-refractivity contribution in [2.24, 2.45) is 0 Å². The summed E-state index contributed by atoms with van der Waals surface area (Å²) in [5, 5.41) is 4.39. The Hall–Kier alpha value is -2.30. The van der Waals surface area contributed by atoms with Crippen LogP contribution in [0.3, 0.4) is 0 Å². The normalized spacial score (nSPS) is 12.1. The van der Waals surface area contributed by atoms with E-state index in [1.54, 1.807) is 12.1 Å². The van der Waals surface area contributed by atoms with Crippen LogP contribution in [-0.2, 0) is 22.6 Å². The number of nitrogens with two attached hydrogens (primary N) is 1. The van der Waals surface area contributed by atoms with Crippen molar-refractivity contribution in [2.75, 3.05) is 5.73 Å². The van der Waals surface area contributed by atoms with Crippen LogP contribution in [0.1, 0.15) is 37.6 Å². The summed E-state index contributed by atoms with van der Waals surface area (Å²) in [7, 11) is 0. The molecule has 21 heavy (non-hydrogen) atoms. The summed E-state index contributed by atoms with van der Waals surface area (Å²) in [6.45, 7) is 4.42. The van der Waals surface area contributed by atoms with Crippen molar-refractivity contribution in [1.82, 2.24) is 9.78 Å². The van der Waals surface area contributed by atoms with Gasteiger partial charge in [-0.3, -0.25) is 9.48 Å². The monoisotopic (exact) mass is 287 g/mol. The van der Waals surface area contributed by atoms with Gasteiger partial charge in [0.2, 0.25) is 0 Å². The summed E-state index contributed by atoms with van der Waals surface area (Å²) in [6.07, 6.45) is 3.17. The second-order valence-corrected chi connectivity index (χ2v) is 5.12. The molecule has 0 saturated carbocycles. The van der Waals surface area contributed by atoms with E-state index in [9.17, 15) is 4.79 Å². The summed E-state index contributed by atoms with van der Waals surface area (Å²) in [4.78, 5) is 11.8. The zero-order valence-corrected chi connectivity index (χ0v) is 12.5. The molecule has 0 aliphatic rings. The number of carbonyl (C=O) groups is 1. The minimum atomic E-state index is -0.266. The van der Waals surface area contributed by atoms with Crippen LogP contribution in [-0.4, -0.2) is 15.7 Å². The lowest BCUT2D eigenvalue weighted by Gasteiger charge is -2.08. The van der Waals surface area contributed by atoms with Gasteiger partial charge in [0.1, 0.15) is 6.61 Å². The topological polar surface area (TPSA) is 70.1 Å². The van der Waals surface area contributed by atoms with Crippen molar-refractivity contribution >= 4 is 11.7 Å². The molecule has 0 aliphatic heterocycles. The van der Waals surface area contributed by atoms with Crippen LogP contribution in [0.2, 0.25) is 0 Å². The molecule has 0 spiro atoms. The first-order valence-corrected chi connectivity index (χ1v) is 7.12. The molecule has 0 amide bonds. The second kappa shape index (κ2) is 6.92. The van der Waals surface area contributed by atoms with Gasteiger partial charge in [0.15, 0.2) is 0 Å². The van der Waals surface area contributed by atoms with E-state index in [1.807, 2.05) is 29.1 Å². The first-order valence-electron chi connectivity index (χ1n) is 7.12. The van der Waals surface area contributed by atoms with Crippen molar-refractivity contribution in [1.29, 1.82) is 0 Å². The number of aromatic nitrogens is 2. The van der Waals surface area contributed by atoms with E-state index in [4.69, 9.17) is 10.5 Å². The predicted octanol–water partition coefficient (Wildman–Crippen LogP) is 2.72. The Labute approximate surface area is 124 Å². The number of hydrogen-bond acceptors (Lipinski definition) is 4. The van der Waals surface area contributed by atoms with Crippen LogP contribution in [0.25, 0.3) is 0 Å². The van der Waals surface area contributed by atoms with E-state index in [2.05, 4.69) is 18.9 Å². The summed E-state index contributed by atoms with van der Waals surface area (Å²) < 4.78 is 7.13. The highest BCUT2D eigenvalue weighted by Gasteiger charge is 2.08. The zero-order valence-electron chi connectivity index (χ0n) is 12.5. The highest BCUT2D eigenvalue weighted by atomic mass is 16.5. The van der Waals surface area contributed by atoms with Crippen molar-refractivity contribution < 1.29 is 9.53 Å². The molecule has 5 nitrogen and oxygen atoms in total. The Morgan fingerprint density at radius 3 is 2.71 bits per heavy atom. The number of benzene rings is 1. The first-order chi connectivity index (χ1) is 10.1. The molecular weight excluding hydrogens is 266 g/mol. The van der Waals surface area contributed by atoms with Crippen LogP contribution in [0.5, 0.6) is 0 Å². The third-order valence-electron chi connectivity index (χ3n) is 3.42. The molecule has 2 aromatic rings. The van der Waals surface area contributed by atoms with Gasteiger partial charge in [-0.15, -0.1) is 0 Å². The van der Waals surface area contributed by atoms with Gasteiger partial charge in [0.25, 0.3) is 0 Å². The molecule has 0 aliphatic carbocycles. The van der Waals surface area contributed by atoms with E-state index in [0.29, 0.717) is 11.7 Å². The summed E-state index contributed by atoms with van der Waals surface area (Å²) >= 11 is 0. The number of carbonyl (C=O) groups excluding carboxylic acids is 1. The molecular formula is C16H21N3O2. The fraction of sp³-hybridized carbons (Fsp3) is 0.375. The van der Waals surface area contributed by atoms with E-state index < -0.39 is 0 Å². The average molecular weight is 287 g/mol. The van der Waals surface area contributed by atoms with Crippen molar-refractivity contribution in [3.05, 3.63) is 47.8 Å². The third kappa shape index (κ3) is 4.34. The Morgan fingerprint density at radius 2 is 2.05 bits per heavy atom. The molecule has 1 aromatic carbocycles. The maximum absolute atomic E-state index is 11.8. The number of hydrogen-bond donors (Lipinski definition) is 1. The molecule has 0 radical (unpaired) electrons. The first kappa shape index (κ1) is 15.1. The number of anilines is 1. The Morgan fingerprint density at radius 1 is 1.33 bits per heavy atom. The lowest BCUT2D eigenvalue weighted by Crippen LogP contribution is -2.09. The van der Waals surface area contributed by atoms with E-state index in [-0.39, 0.29) is 19.0 Å². The molecule has 0 saturated heterocycles. The molecule has 2 N–H and O–H groups in total. The predicted molar refractivity (Wildman–Crippen MR) is 81.6 cm³/mol. The summed E-state index contributed by atoms with van der Waals surface area (Å²) in [6, 6.07) is 9.43. The van der Waals surface area contributed by atoms with Crippen molar-refractivity contribution in [3.8, 4) is 0 Å². The maximum atomic E-state index is 11.8. The van der Waals surface area contributed by atoms with Gasteiger partial charge in [0.05, 0.1) is 12.1 Å². The molecule has 1 unspecified atom stereocenters. The van der Waals surface area contributed by atoms with Crippen LogP contribution in [0.15, 0.2) is 36.5 Å². The van der Waals surface area contributed by atoms with E-state index in [1.165, 1.54) is 0 Å². The Kier molecular flexibility index (Phi) is 4.98. The highest BCUT2D eigenvalue weighted by molar-refractivity contribution is 5.72. The maximum Gasteiger partial charge on any atom is 0.310 e. The minimum Gasteiger partial charge on any atom is -0.459 e. The van der Waals surface area contributed by atoms with Gasteiger partial charge >= 0.3 is 5.97 Å². The summed E-state index contributed by atoms with van der Waals surface area (Å²) in [5.41, 5.74) is 7.94. The van der Waals surface area contributed by atoms with Gasteiger partial charge in [-0.25, -0.2) is 0 Å². The van der Waals surface area contributed by atoms with Crippen LogP contribution in [0.4, 0.5) is 5.69 Å². The molecule has 1 atom stereocenters. The molecule has 112 valence electrons. The molecule has 5 heteroatoms. The highest BCUT2D eigenvalue weighted by Crippen LogP contribution is 2.10. The van der Waals surface area contributed by atoms with Gasteiger partial charge in [0, 0.05) is 17.9 Å². The zero-order chi connectivity index (χ0) is 15.2. The number of ether oxygens (including phenoxy) is 1. The van der Waals surface area contributed by atoms with Gasteiger partial charge < -0.3 is 10.5 Å². The fourth-order valence-corrected chi connectivity index (χ4v) is 1.89. The van der Waals surface area contributed by atoms with Crippen molar-refractivity contribution in [2.45, 2.75) is 39.3 Å². The third-order valence-corrected chi connectivity index (χ3v) is 3.42. The van der Waals surface area contributed by atoms with E-state index in [0.717, 1.165) is 17.7 Å². The summed E-state index contributed by atoms with van der Waals surface area (Å²) in [5.74, 6) is -0.266. The lowest BCUT2D eigenvalue weighted by molar-refractivity contribution is -0.144. The Balaban J connectivity index is 1.83. The van der Waals surface area contributed by atoms with Gasteiger partial charge in [-0.1, -0.05) is 19.1 Å². The van der Waals surface area contributed by atoms with Crippen LogP contribution in [0, 0.1) is 0 Å². The quantitative estimate of drug-likeness (QED) is 0.655. The largest absolute Gasteiger partial charge is 0.459 e. The molecule has 1 heterocycles. The lowest BCUT2D eigenvalue weighted by atomic mass is 10.1. The molecule has 0 fully saturated rings. The Bertz CT molecular complexity index is 590. The average Bonchev–Trinajstić information content (AvgIpc) is 2.96. The molecule has 2 rings (SSSR count). The van der Waals surface area contributed by atoms with Crippen LogP contribution < -0.4 is 5.73 Å². The second-order valence-electron chi connectivity index (χ2n) is 5.12. The molecule has 0 bridgehead atoms. The van der Waals surface area contributed by atoms with Crippen molar-refractivity contribution in [3.63, 3.8) is 0 Å². The number of nitrogens with zero attached hydrogens (tertiary/aromatic N) is 2. The van der Waals surface area contributed by atoms with Gasteiger partial charge in [-0.05, 0) is 37.1 Å². The number of nitrogen functional groups attached to an aromatic ring is 1. The minimum absolute atomic E-state index is 0.206. The number of rotatable bonds is 6. The fourth-order valence-electron chi connectivity index (χ4n) is 1.89. The smallest absolute Gasteiger partial charge is 0.310 e. The number of esters is 1. The van der Waals surface area contributed by atoms with Gasteiger partial charge in [-0.2, -0.15) is 5.10 Å². The standard InChI is InChI=1S/C16H21N3O2/c1-3-12(2)19-9-8-15(18-19)11-21-16(20)10-13-4-6-14(17)7-5-13/h4-9,12H,3,10-11,17H2,1-2H3. The van der Waals surface area contributed by atoms with E-state index >= 15 is 0 Å². The van der Waals surface area contributed by atoms with Crippen LogP contribution >= 0.6 is 0 Å². The SMILES string of the molecule is CCC(C)n1ccc(COC(=O)Cc2ccc(N)cc2)n1. The molecule has 1 aromatic heterocycles.